The highest BCUT2D eigenvalue weighted by atomic mass is 32.2. The molecule has 0 spiro atoms. The Bertz CT molecular complexity index is 1190. The molecule has 4 N–H and O–H groups in total. The predicted octanol–water partition coefficient (Wildman–Crippen LogP) is 4.15. The molecule has 2 aromatic carbocycles. The van der Waals surface area contributed by atoms with Crippen LogP contribution in [0.15, 0.2) is 47.4 Å². The van der Waals surface area contributed by atoms with Crippen molar-refractivity contribution < 1.29 is 14.1 Å². The number of nitriles is 1. The summed E-state index contributed by atoms with van der Waals surface area (Å²) in [6.07, 6.45) is 0. The standard InChI is InChI=1S/C19H12FN5O3S/c20-9-1-4-11(5-2-9)29-17-12-7-10(25(26)27)3-6-14(12)28-19-15(17)16(22)13(8-21)18(23)24-19/h1-7,17H,(H4,22,23,24). The quantitative estimate of drug-likeness (QED) is 0.485. The molecule has 1 aromatic heterocycles. The molecule has 0 amide bonds. The highest BCUT2D eigenvalue weighted by molar-refractivity contribution is 7.99. The molecule has 0 aliphatic carbocycles. The molecule has 29 heavy (non-hydrogen) atoms. The van der Waals surface area contributed by atoms with E-state index in [1.165, 1.54) is 42.1 Å². The van der Waals surface area contributed by atoms with Crippen molar-refractivity contribution >= 4 is 29.0 Å². The number of nitrogen functional groups attached to an aromatic ring is 2. The minimum Gasteiger partial charge on any atom is -0.438 e. The predicted molar refractivity (Wildman–Crippen MR) is 105 cm³/mol. The normalized spacial score (nSPS) is 14.3. The lowest BCUT2D eigenvalue weighted by Gasteiger charge is -2.28. The molecule has 1 unspecified atom stereocenters. The Kier molecular flexibility index (Phi) is 4.44. The largest absolute Gasteiger partial charge is 0.438 e. The summed E-state index contributed by atoms with van der Waals surface area (Å²) >= 11 is 1.28. The Morgan fingerprint density at radius 3 is 2.62 bits per heavy atom. The van der Waals surface area contributed by atoms with Crippen molar-refractivity contribution in [1.29, 1.82) is 5.26 Å². The Morgan fingerprint density at radius 2 is 1.97 bits per heavy atom. The minimum absolute atomic E-state index is 0.00550. The van der Waals surface area contributed by atoms with E-state index in [1.54, 1.807) is 12.1 Å². The second-order valence-electron chi connectivity index (χ2n) is 6.15. The third-order valence-corrected chi connectivity index (χ3v) is 5.67. The van der Waals surface area contributed by atoms with Crippen LogP contribution in [-0.4, -0.2) is 9.91 Å². The number of aromatic nitrogens is 1. The molecule has 2 heterocycles. The molecule has 3 aromatic rings. The Morgan fingerprint density at radius 1 is 1.24 bits per heavy atom. The number of nitrogens with zero attached hydrogens (tertiary/aromatic N) is 3. The van der Waals surface area contributed by atoms with Crippen molar-refractivity contribution in [3.63, 3.8) is 0 Å². The lowest BCUT2D eigenvalue weighted by molar-refractivity contribution is -0.384. The molecule has 1 aliphatic heterocycles. The van der Waals surface area contributed by atoms with E-state index in [4.69, 9.17) is 16.2 Å². The molecule has 0 radical (unpaired) electrons. The number of fused-ring (bicyclic) bond motifs is 2. The van der Waals surface area contributed by atoms with Crippen LogP contribution in [0.25, 0.3) is 0 Å². The van der Waals surface area contributed by atoms with Gasteiger partial charge < -0.3 is 16.2 Å². The zero-order valence-corrected chi connectivity index (χ0v) is 15.4. The number of benzene rings is 2. The van der Waals surface area contributed by atoms with Crippen LogP contribution >= 0.6 is 11.8 Å². The molecule has 0 fully saturated rings. The monoisotopic (exact) mass is 409 g/mol. The third-order valence-electron chi connectivity index (χ3n) is 4.40. The summed E-state index contributed by atoms with van der Waals surface area (Å²) < 4.78 is 19.1. The highest BCUT2D eigenvalue weighted by Gasteiger charge is 2.34. The van der Waals surface area contributed by atoms with E-state index >= 15 is 0 Å². The zero-order chi connectivity index (χ0) is 20.7. The number of nitrogens with two attached hydrogens (primary N) is 2. The van der Waals surface area contributed by atoms with Crippen molar-refractivity contribution in [2.24, 2.45) is 0 Å². The smallest absolute Gasteiger partial charge is 0.270 e. The number of thioether (sulfide) groups is 1. The maximum atomic E-state index is 13.3. The highest BCUT2D eigenvalue weighted by Crippen LogP contribution is 2.54. The Labute approximate surface area is 168 Å². The Balaban J connectivity index is 1.93. The molecule has 144 valence electrons. The summed E-state index contributed by atoms with van der Waals surface area (Å²) in [5, 5.41) is 20.1. The molecule has 1 atom stereocenters. The summed E-state index contributed by atoms with van der Waals surface area (Å²) in [5.41, 5.74) is 12.9. The number of hydrogen-bond donors (Lipinski definition) is 2. The summed E-state index contributed by atoms with van der Waals surface area (Å²) in [4.78, 5) is 15.6. The third kappa shape index (κ3) is 3.17. The first-order chi connectivity index (χ1) is 13.9. The van der Waals surface area contributed by atoms with E-state index in [9.17, 15) is 19.8 Å². The van der Waals surface area contributed by atoms with Gasteiger partial charge in [-0.1, -0.05) is 0 Å². The number of halogens is 1. The van der Waals surface area contributed by atoms with Crippen LogP contribution in [0.5, 0.6) is 11.6 Å². The van der Waals surface area contributed by atoms with E-state index in [2.05, 4.69) is 4.98 Å². The molecule has 10 heteroatoms. The molecule has 0 bridgehead atoms. The van der Waals surface area contributed by atoms with Gasteiger partial charge in [0.15, 0.2) is 0 Å². The van der Waals surface area contributed by atoms with Crippen molar-refractivity contribution in [1.82, 2.24) is 4.98 Å². The summed E-state index contributed by atoms with van der Waals surface area (Å²) in [6.45, 7) is 0. The molecule has 4 rings (SSSR count). The fourth-order valence-electron chi connectivity index (χ4n) is 3.04. The molecule has 8 nitrogen and oxygen atoms in total. The van der Waals surface area contributed by atoms with Crippen molar-refractivity contribution in [2.75, 3.05) is 11.5 Å². The number of pyridine rings is 1. The fourth-order valence-corrected chi connectivity index (χ4v) is 4.26. The van der Waals surface area contributed by atoms with Gasteiger partial charge in [0.05, 0.1) is 21.4 Å². The molecule has 1 aliphatic rings. The maximum Gasteiger partial charge on any atom is 0.270 e. The van der Waals surface area contributed by atoms with Gasteiger partial charge in [0.1, 0.15) is 29.0 Å². The SMILES string of the molecule is N#Cc1c(N)nc2c(c1N)C(Sc1ccc(F)cc1)c1cc([N+](=O)[O-])ccc1O2. The molecular formula is C19H12FN5O3S. The molecule has 0 saturated heterocycles. The molecular weight excluding hydrogens is 397 g/mol. The lowest BCUT2D eigenvalue weighted by Crippen LogP contribution is -2.15. The van der Waals surface area contributed by atoms with E-state index in [0.29, 0.717) is 21.8 Å². The van der Waals surface area contributed by atoms with Crippen LogP contribution in [0.1, 0.15) is 21.9 Å². The Hall–Kier alpha value is -3.84. The van der Waals surface area contributed by atoms with Crippen LogP contribution in [-0.2, 0) is 0 Å². The van der Waals surface area contributed by atoms with E-state index in [-0.39, 0.29) is 28.6 Å². The van der Waals surface area contributed by atoms with Gasteiger partial charge in [-0.3, -0.25) is 10.1 Å². The van der Waals surface area contributed by atoms with Crippen LogP contribution in [0.3, 0.4) is 0 Å². The number of anilines is 2. The van der Waals surface area contributed by atoms with Gasteiger partial charge in [-0.25, -0.2) is 4.39 Å². The van der Waals surface area contributed by atoms with Crippen LogP contribution in [0.2, 0.25) is 0 Å². The number of ether oxygens (including phenoxy) is 1. The molecule has 0 saturated carbocycles. The number of nitro groups is 1. The van der Waals surface area contributed by atoms with Gasteiger partial charge in [-0.15, -0.1) is 11.8 Å². The van der Waals surface area contributed by atoms with Gasteiger partial charge in [-0.05, 0) is 30.3 Å². The summed E-state index contributed by atoms with van der Waals surface area (Å²) in [5.74, 6) is 0.0248. The summed E-state index contributed by atoms with van der Waals surface area (Å²) in [7, 11) is 0. The summed E-state index contributed by atoms with van der Waals surface area (Å²) in [6, 6.07) is 11.9. The second-order valence-corrected chi connectivity index (χ2v) is 7.33. The van der Waals surface area contributed by atoms with Gasteiger partial charge >= 0.3 is 0 Å². The first kappa shape index (κ1) is 18.5. The van der Waals surface area contributed by atoms with Gasteiger partial charge in [-0.2, -0.15) is 10.2 Å². The average Bonchev–Trinajstić information content (AvgIpc) is 2.69. The van der Waals surface area contributed by atoms with Crippen LogP contribution in [0, 0.1) is 27.3 Å². The first-order valence-corrected chi connectivity index (χ1v) is 9.14. The van der Waals surface area contributed by atoms with Crippen molar-refractivity contribution in [2.45, 2.75) is 10.1 Å². The number of non-ortho nitro benzene ring substituents is 1. The van der Waals surface area contributed by atoms with Gasteiger partial charge in [0, 0.05) is 22.6 Å². The van der Waals surface area contributed by atoms with E-state index in [1.807, 2.05) is 6.07 Å². The zero-order valence-electron chi connectivity index (χ0n) is 14.6. The van der Waals surface area contributed by atoms with Crippen molar-refractivity contribution in [3.8, 4) is 17.7 Å². The van der Waals surface area contributed by atoms with E-state index in [0.717, 1.165) is 0 Å². The lowest BCUT2D eigenvalue weighted by atomic mass is 9.98. The van der Waals surface area contributed by atoms with Crippen LogP contribution in [0.4, 0.5) is 21.6 Å². The number of nitro benzene ring substituents is 1. The van der Waals surface area contributed by atoms with Crippen molar-refractivity contribution in [3.05, 3.63) is 75.1 Å². The maximum absolute atomic E-state index is 13.3. The average molecular weight is 409 g/mol. The van der Waals surface area contributed by atoms with Crippen LogP contribution < -0.4 is 16.2 Å². The second kappa shape index (κ2) is 6.96. The topological polar surface area (TPSA) is 141 Å². The van der Waals surface area contributed by atoms with E-state index < -0.39 is 16.0 Å². The minimum atomic E-state index is -0.584. The van der Waals surface area contributed by atoms with Gasteiger partial charge in [0.2, 0.25) is 5.88 Å². The van der Waals surface area contributed by atoms with Gasteiger partial charge in [0.25, 0.3) is 5.69 Å². The number of rotatable bonds is 3. The number of hydrogen-bond acceptors (Lipinski definition) is 8. The first-order valence-electron chi connectivity index (χ1n) is 8.26. The fraction of sp³-hybridized carbons (Fsp3) is 0.0526.